The fourth-order valence-electron chi connectivity index (χ4n) is 6.66. The normalized spacial score (nSPS) is 13.6. The summed E-state index contributed by atoms with van der Waals surface area (Å²) in [5.41, 5.74) is 17.0. The molecule has 68 heavy (non-hydrogen) atoms. The number of carbonyl (C=O) groups is 8. The van der Waals surface area contributed by atoms with Gasteiger partial charge < -0.3 is 64.7 Å². The van der Waals surface area contributed by atoms with Gasteiger partial charge in [0, 0.05) is 49.6 Å². The standard InChI is InChI=1S/C43H69N15O10/c1-24(2)18-33(56-42(66)35(20-29-21-47-23-50-29)57-40(64)31(52-27(6)59)10-7-8-16-44)38(62)49-22-36(60)54-34(19-25(3)4)41(65)51-26(5)37(61)55-32(11-9-17-48-43(45)46)39(63)53-28-12-14-30(15-13-28)58(67)68/h12-15,21,23-26,31-35H,7-11,16-20,22,44H2,1-6H3,(H,47,50)(H,49,62)(H,51,65)(H,52,59)(H,53,63)(H,54,60)(H,55,61)(H,56,66)(H,57,64)(H4,45,46,48)/t26-,31-,32-,33-,34-,35-/m0/s1. The minimum Gasteiger partial charge on any atom is -0.370 e. The predicted molar refractivity (Wildman–Crippen MR) is 252 cm³/mol. The van der Waals surface area contributed by atoms with Crippen LogP contribution >= 0.6 is 0 Å². The van der Waals surface area contributed by atoms with E-state index in [1.165, 1.54) is 50.6 Å². The van der Waals surface area contributed by atoms with Gasteiger partial charge in [-0.3, -0.25) is 53.5 Å². The molecule has 1 aromatic heterocycles. The Morgan fingerprint density at radius 1 is 0.706 bits per heavy atom. The van der Waals surface area contributed by atoms with Gasteiger partial charge in [0.25, 0.3) is 5.69 Å². The van der Waals surface area contributed by atoms with E-state index >= 15 is 0 Å². The predicted octanol–water partition coefficient (Wildman–Crippen LogP) is -1.16. The molecule has 0 bridgehead atoms. The van der Waals surface area contributed by atoms with Crippen LogP contribution in [0.15, 0.2) is 41.8 Å². The third kappa shape index (κ3) is 21.9. The second-order valence-corrected chi connectivity index (χ2v) is 17.1. The minimum atomic E-state index is -1.21. The Morgan fingerprint density at radius 3 is 1.82 bits per heavy atom. The second-order valence-electron chi connectivity index (χ2n) is 17.1. The van der Waals surface area contributed by atoms with Crippen molar-refractivity contribution in [3.63, 3.8) is 0 Å². The summed E-state index contributed by atoms with van der Waals surface area (Å²) < 4.78 is 0. The molecule has 376 valence electrons. The van der Waals surface area contributed by atoms with Gasteiger partial charge in [0.1, 0.15) is 36.3 Å². The molecule has 6 atom stereocenters. The molecule has 0 radical (unpaired) electrons. The molecule has 0 unspecified atom stereocenters. The van der Waals surface area contributed by atoms with Crippen LogP contribution < -0.4 is 59.7 Å². The number of aromatic amines is 1. The van der Waals surface area contributed by atoms with Gasteiger partial charge in [0.2, 0.25) is 47.3 Å². The lowest BCUT2D eigenvalue weighted by Crippen LogP contribution is -2.58. The molecule has 15 N–H and O–H groups in total. The summed E-state index contributed by atoms with van der Waals surface area (Å²) in [5, 5.41) is 31.9. The number of aliphatic imine (C=N–C) groups is 1. The fraction of sp³-hybridized carbons (Fsp3) is 0.581. The van der Waals surface area contributed by atoms with Crippen molar-refractivity contribution in [2.75, 3.05) is 25.0 Å². The summed E-state index contributed by atoms with van der Waals surface area (Å²) in [7, 11) is 0. The lowest BCUT2D eigenvalue weighted by Gasteiger charge is -2.26. The number of unbranched alkanes of at least 4 members (excludes halogenated alkanes) is 1. The van der Waals surface area contributed by atoms with Crippen molar-refractivity contribution in [1.29, 1.82) is 0 Å². The lowest BCUT2D eigenvalue weighted by atomic mass is 10.0. The number of carbonyl (C=O) groups excluding carboxylic acids is 8. The highest BCUT2D eigenvalue weighted by Gasteiger charge is 2.32. The largest absolute Gasteiger partial charge is 0.370 e. The Bertz CT molecular complexity index is 2030. The Morgan fingerprint density at radius 2 is 1.26 bits per heavy atom. The number of aromatic nitrogens is 2. The number of non-ortho nitro benzene ring substituents is 1. The van der Waals surface area contributed by atoms with Gasteiger partial charge >= 0.3 is 0 Å². The van der Waals surface area contributed by atoms with E-state index in [1.807, 2.05) is 27.7 Å². The highest BCUT2D eigenvalue weighted by atomic mass is 16.6. The number of hydrogen-bond acceptors (Lipinski definition) is 13. The number of nitrogens with two attached hydrogens (primary N) is 3. The van der Waals surface area contributed by atoms with Crippen molar-refractivity contribution >= 4 is 64.6 Å². The summed E-state index contributed by atoms with van der Waals surface area (Å²) in [5.74, 6) is -5.76. The van der Waals surface area contributed by atoms with Crippen molar-refractivity contribution in [2.45, 2.75) is 129 Å². The molecule has 0 aliphatic carbocycles. The topological polar surface area (TPSA) is 395 Å². The van der Waals surface area contributed by atoms with Gasteiger partial charge in [-0.05, 0) is 82.4 Å². The first-order chi connectivity index (χ1) is 32.1. The van der Waals surface area contributed by atoms with Gasteiger partial charge in [0.15, 0.2) is 5.96 Å². The lowest BCUT2D eigenvalue weighted by molar-refractivity contribution is -0.384. The maximum Gasteiger partial charge on any atom is 0.269 e. The van der Waals surface area contributed by atoms with Crippen molar-refractivity contribution in [3.8, 4) is 0 Å². The molecule has 0 aliphatic rings. The number of benzene rings is 1. The maximum absolute atomic E-state index is 13.8. The highest BCUT2D eigenvalue weighted by Crippen LogP contribution is 2.16. The van der Waals surface area contributed by atoms with Crippen LogP contribution in [0, 0.1) is 22.0 Å². The molecular weight excluding hydrogens is 887 g/mol. The molecule has 25 nitrogen and oxygen atoms in total. The van der Waals surface area contributed by atoms with E-state index in [0.717, 1.165) is 0 Å². The van der Waals surface area contributed by atoms with E-state index in [1.54, 1.807) is 0 Å². The number of guanidine groups is 1. The van der Waals surface area contributed by atoms with Crippen LogP contribution in [0.1, 0.15) is 92.2 Å². The molecular formula is C43H69N15O10. The van der Waals surface area contributed by atoms with Crippen LogP contribution in [-0.2, 0) is 44.8 Å². The van der Waals surface area contributed by atoms with Gasteiger partial charge in [-0.1, -0.05) is 27.7 Å². The zero-order chi connectivity index (χ0) is 50.9. The van der Waals surface area contributed by atoms with Gasteiger partial charge in [-0.2, -0.15) is 0 Å². The first-order valence-electron chi connectivity index (χ1n) is 22.4. The molecule has 0 spiro atoms. The Kier molecular flexibility index (Phi) is 24.7. The third-order valence-corrected chi connectivity index (χ3v) is 10.1. The average molecular weight is 956 g/mol. The number of nitro groups is 1. The van der Waals surface area contributed by atoms with Gasteiger partial charge in [0.05, 0.1) is 17.8 Å². The van der Waals surface area contributed by atoms with Crippen LogP contribution in [0.5, 0.6) is 0 Å². The van der Waals surface area contributed by atoms with Crippen molar-refractivity contribution < 1.29 is 43.3 Å². The van der Waals surface area contributed by atoms with Crippen LogP contribution in [-0.4, -0.2) is 124 Å². The summed E-state index contributed by atoms with van der Waals surface area (Å²) in [6.45, 7) is 9.85. The molecule has 2 rings (SSSR count). The van der Waals surface area contributed by atoms with E-state index in [-0.39, 0.29) is 74.2 Å². The van der Waals surface area contributed by atoms with Crippen LogP contribution in [0.25, 0.3) is 0 Å². The number of nitro benzene ring substituents is 1. The third-order valence-electron chi connectivity index (χ3n) is 10.1. The quantitative estimate of drug-likeness (QED) is 0.0145. The van der Waals surface area contributed by atoms with Crippen molar-refractivity contribution in [3.05, 3.63) is 52.6 Å². The van der Waals surface area contributed by atoms with E-state index < -0.39 is 95.0 Å². The van der Waals surface area contributed by atoms with Crippen molar-refractivity contribution in [2.24, 2.45) is 34.0 Å². The molecule has 8 amide bonds. The van der Waals surface area contributed by atoms with Crippen molar-refractivity contribution in [1.82, 2.24) is 47.2 Å². The van der Waals surface area contributed by atoms with Gasteiger partial charge in [-0.25, -0.2) is 4.98 Å². The Hall–Kier alpha value is -7.18. The monoisotopic (exact) mass is 956 g/mol. The minimum absolute atomic E-state index is 0.0357. The first kappa shape index (κ1) is 56.9. The molecule has 0 aliphatic heterocycles. The molecule has 1 heterocycles. The summed E-state index contributed by atoms with van der Waals surface area (Å²) in [6.07, 6.45) is 4.88. The number of rotatable bonds is 30. The SMILES string of the molecule is CC(=O)N[C@@H](CCCCN)C(=O)N[C@@H](Cc1cnc[nH]1)C(=O)N[C@@H](CC(C)C)C(=O)NCC(=O)N[C@@H](CC(C)C)C(=O)N[C@@H](C)C(=O)N[C@@H](CCCN=C(N)N)C(=O)Nc1ccc([N+](=O)[O-])cc1. The van der Waals surface area contributed by atoms with Gasteiger partial charge in [-0.15, -0.1) is 0 Å². The highest BCUT2D eigenvalue weighted by molar-refractivity contribution is 5.99. The van der Waals surface area contributed by atoms with Crippen LogP contribution in [0.2, 0.25) is 0 Å². The first-order valence-corrected chi connectivity index (χ1v) is 22.4. The second kappa shape index (κ2) is 29.5. The molecule has 0 saturated heterocycles. The zero-order valence-electron chi connectivity index (χ0n) is 39.5. The van der Waals surface area contributed by atoms with Crippen LogP contribution in [0.4, 0.5) is 11.4 Å². The zero-order valence-corrected chi connectivity index (χ0v) is 39.5. The fourth-order valence-corrected chi connectivity index (χ4v) is 6.66. The number of imidazole rings is 1. The van der Waals surface area contributed by atoms with E-state index in [2.05, 4.69) is 57.5 Å². The number of anilines is 1. The summed E-state index contributed by atoms with van der Waals surface area (Å²) in [4.78, 5) is 128. The van der Waals surface area contributed by atoms with E-state index in [0.29, 0.717) is 25.1 Å². The Balaban J connectivity index is 2.15. The molecule has 0 fully saturated rings. The van der Waals surface area contributed by atoms with E-state index in [9.17, 15) is 48.5 Å². The number of amides is 8. The summed E-state index contributed by atoms with van der Waals surface area (Å²) >= 11 is 0. The molecule has 2 aromatic rings. The summed E-state index contributed by atoms with van der Waals surface area (Å²) in [6, 6.07) is -1.77. The van der Waals surface area contributed by atoms with E-state index in [4.69, 9.17) is 17.2 Å². The number of hydrogen-bond donors (Lipinski definition) is 12. The average Bonchev–Trinajstić information content (AvgIpc) is 3.78. The molecule has 25 heteroatoms. The number of H-pyrrole nitrogens is 1. The number of nitrogens with zero attached hydrogens (tertiary/aromatic N) is 3. The number of nitrogens with one attached hydrogen (secondary N) is 9. The Labute approximate surface area is 395 Å². The molecule has 0 saturated carbocycles. The van der Waals surface area contributed by atoms with Crippen LogP contribution in [0.3, 0.4) is 0 Å². The maximum atomic E-state index is 13.8. The smallest absolute Gasteiger partial charge is 0.269 e. The molecule has 1 aromatic carbocycles.